The summed E-state index contributed by atoms with van der Waals surface area (Å²) in [5.41, 5.74) is 7.59. The van der Waals surface area contributed by atoms with Crippen LogP contribution in [0.25, 0.3) is 27.5 Å². The zero-order chi connectivity index (χ0) is 23.4. The first-order valence-electron chi connectivity index (χ1n) is 11.0. The maximum absolute atomic E-state index is 11.2. The normalized spacial score (nSPS) is 12.1. The number of rotatable bonds is 10. The lowest BCUT2D eigenvalue weighted by atomic mass is 10.1. The van der Waals surface area contributed by atoms with Gasteiger partial charge in [-0.3, -0.25) is 10.3 Å². The van der Waals surface area contributed by atoms with E-state index in [-0.39, 0.29) is 0 Å². The second-order valence-electron chi connectivity index (χ2n) is 7.95. The van der Waals surface area contributed by atoms with E-state index in [0.29, 0.717) is 31.0 Å². The van der Waals surface area contributed by atoms with Crippen molar-refractivity contribution in [1.82, 2.24) is 10.0 Å². The number of aryl methyl sites for hydroxylation is 1. The van der Waals surface area contributed by atoms with Crippen LogP contribution in [0.3, 0.4) is 0 Å². The fraction of sp³-hybridized carbons (Fsp3) is 0.222. The van der Waals surface area contributed by atoms with E-state index in [1.54, 1.807) is 13.0 Å². The molecule has 4 aromatic rings. The number of carboxylic acid groups (broad SMARTS) is 1. The van der Waals surface area contributed by atoms with Gasteiger partial charge in [0.15, 0.2) is 6.10 Å². The summed E-state index contributed by atoms with van der Waals surface area (Å²) in [6.45, 7) is 8.86. The van der Waals surface area contributed by atoms with Crippen molar-refractivity contribution in [2.75, 3.05) is 6.61 Å². The number of aliphatic carboxylic acids is 1. The zero-order valence-corrected chi connectivity index (χ0v) is 18.9. The van der Waals surface area contributed by atoms with Crippen LogP contribution in [-0.2, 0) is 16.2 Å². The van der Waals surface area contributed by atoms with Crippen molar-refractivity contribution in [2.24, 2.45) is 0 Å². The summed E-state index contributed by atoms with van der Waals surface area (Å²) < 4.78 is 7.88. The predicted molar refractivity (Wildman–Crippen MR) is 131 cm³/mol. The average molecular weight is 445 g/mol. The lowest BCUT2D eigenvalue weighted by Crippen LogP contribution is -2.26. The quantitative estimate of drug-likeness (QED) is 0.248. The van der Waals surface area contributed by atoms with Crippen LogP contribution < -0.4 is 10.2 Å². The van der Waals surface area contributed by atoms with Gasteiger partial charge in [0.2, 0.25) is 0 Å². The molecule has 0 radical (unpaired) electrons. The van der Waals surface area contributed by atoms with Crippen molar-refractivity contribution >= 4 is 33.5 Å². The van der Waals surface area contributed by atoms with Gasteiger partial charge in [-0.25, -0.2) is 4.79 Å². The smallest absolute Gasteiger partial charge is 0.344 e. The van der Waals surface area contributed by atoms with E-state index < -0.39 is 12.1 Å². The number of ether oxygens (including phenoxy) is 1. The fourth-order valence-electron chi connectivity index (χ4n) is 4.01. The highest BCUT2D eigenvalue weighted by molar-refractivity contribution is 6.07. The number of fused-ring (bicyclic) bond motifs is 3. The highest BCUT2D eigenvalue weighted by atomic mass is 16.6. The molecule has 0 bridgehead atoms. The van der Waals surface area contributed by atoms with Crippen LogP contribution in [0.5, 0.6) is 5.75 Å². The first kappa shape index (κ1) is 22.4. The van der Waals surface area contributed by atoms with Crippen LogP contribution in [0.1, 0.15) is 24.5 Å². The van der Waals surface area contributed by atoms with Crippen LogP contribution >= 0.6 is 0 Å². The van der Waals surface area contributed by atoms with Gasteiger partial charge < -0.3 is 14.4 Å². The first-order valence-corrected chi connectivity index (χ1v) is 11.0. The number of carboxylic acids is 1. The molecule has 1 heterocycles. The zero-order valence-electron chi connectivity index (χ0n) is 18.9. The number of nitrogens with zero attached hydrogens (tertiary/aromatic N) is 1. The monoisotopic (exact) mass is 444 g/mol. The van der Waals surface area contributed by atoms with E-state index in [4.69, 9.17) is 9.57 Å². The molecule has 6 heteroatoms. The summed E-state index contributed by atoms with van der Waals surface area (Å²) in [5.74, 6) is -0.420. The topological polar surface area (TPSA) is 72.7 Å². The van der Waals surface area contributed by atoms with E-state index in [1.165, 1.54) is 21.8 Å². The maximum atomic E-state index is 11.2. The molecule has 0 spiro atoms. The second-order valence-corrected chi connectivity index (χ2v) is 7.95. The molecule has 170 valence electrons. The van der Waals surface area contributed by atoms with Crippen LogP contribution in [0, 0.1) is 6.92 Å². The van der Waals surface area contributed by atoms with E-state index in [0.717, 1.165) is 11.1 Å². The summed E-state index contributed by atoms with van der Waals surface area (Å²) in [6.07, 6.45) is -0.468. The highest BCUT2D eigenvalue weighted by Gasteiger charge is 2.18. The molecule has 4 rings (SSSR count). The molecule has 1 unspecified atom stereocenters. The predicted octanol–water partition coefficient (Wildman–Crippen LogP) is 5.54. The number of para-hydroxylation sites is 2. The van der Waals surface area contributed by atoms with E-state index in [1.807, 2.05) is 31.2 Å². The highest BCUT2D eigenvalue weighted by Crippen LogP contribution is 2.28. The van der Waals surface area contributed by atoms with Gasteiger partial charge in [0, 0.05) is 28.4 Å². The number of nitrogens with one attached hydrogen (secondary N) is 1. The number of hydroxylamine groups is 1. The minimum Gasteiger partial charge on any atom is -0.479 e. The molecule has 0 aliphatic carbocycles. The average Bonchev–Trinajstić information content (AvgIpc) is 3.14. The lowest BCUT2D eigenvalue weighted by Gasteiger charge is -2.17. The lowest BCUT2D eigenvalue weighted by molar-refractivity contribution is -0.145. The van der Waals surface area contributed by atoms with Crippen LogP contribution in [0.4, 0.5) is 0 Å². The van der Waals surface area contributed by atoms with Crippen molar-refractivity contribution in [3.63, 3.8) is 0 Å². The van der Waals surface area contributed by atoms with Gasteiger partial charge in [0.25, 0.3) is 0 Å². The molecule has 6 nitrogen and oxygen atoms in total. The second kappa shape index (κ2) is 9.79. The minimum atomic E-state index is -0.969. The number of aromatic nitrogens is 1. The largest absolute Gasteiger partial charge is 0.479 e. The van der Waals surface area contributed by atoms with Gasteiger partial charge in [0.05, 0.1) is 12.3 Å². The summed E-state index contributed by atoms with van der Waals surface area (Å²) >= 11 is 0. The standard InChI is InChI=1S/C27H28N2O4/c1-4-25(27(30)31)33-26-14-13-20(17-18(26)2)19(3)28-32-16-15-29-23-11-7-5-9-21(23)22-10-6-8-12-24(22)29/h5-14,17,25,28H,3-4,15-16H2,1-2H3,(H,30,31). The molecule has 0 saturated heterocycles. The molecular weight excluding hydrogens is 416 g/mol. The molecular formula is C27H28N2O4. The van der Waals surface area contributed by atoms with Crippen LogP contribution in [0.2, 0.25) is 0 Å². The van der Waals surface area contributed by atoms with Crippen molar-refractivity contribution in [2.45, 2.75) is 32.9 Å². The van der Waals surface area contributed by atoms with Crippen LogP contribution in [-0.4, -0.2) is 28.4 Å². The van der Waals surface area contributed by atoms with Gasteiger partial charge in [-0.2, -0.15) is 0 Å². The Hall–Kier alpha value is -3.77. The Morgan fingerprint density at radius 2 is 1.70 bits per heavy atom. The van der Waals surface area contributed by atoms with Crippen molar-refractivity contribution < 1.29 is 19.5 Å². The Balaban J connectivity index is 1.38. The van der Waals surface area contributed by atoms with Crippen molar-refractivity contribution in [3.05, 3.63) is 84.4 Å². The molecule has 33 heavy (non-hydrogen) atoms. The van der Waals surface area contributed by atoms with Crippen molar-refractivity contribution in [3.8, 4) is 5.75 Å². The Morgan fingerprint density at radius 1 is 1.06 bits per heavy atom. The summed E-state index contributed by atoms with van der Waals surface area (Å²) in [6, 6.07) is 22.3. The molecule has 0 fully saturated rings. The van der Waals surface area contributed by atoms with E-state index in [9.17, 15) is 9.90 Å². The van der Waals surface area contributed by atoms with E-state index >= 15 is 0 Å². The molecule has 1 atom stereocenters. The maximum Gasteiger partial charge on any atom is 0.344 e. The number of hydrogen-bond donors (Lipinski definition) is 2. The first-order chi connectivity index (χ1) is 16.0. The van der Waals surface area contributed by atoms with Gasteiger partial charge >= 0.3 is 5.97 Å². The fourth-order valence-corrected chi connectivity index (χ4v) is 4.01. The number of benzene rings is 3. The third-order valence-electron chi connectivity index (χ3n) is 5.73. The molecule has 0 saturated carbocycles. The molecule has 0 aliphatic rings. The molecule has 0 aliphatic heterocycles. The Morgan fingerprint density at radius 3 is 2.27 bits per heavy atom. The van der Waals surface area contributed by atoms with Gasteiger partial charge in [-0.05, 0) is 54.8 Å². The third-order valence-corrected chi connectivity index (χ3v) is 5.73. The van der Waals surface area contributed by atoms with Gasteiger partial charge in [0.1, 0.15) is 5.75 Å². The minimum absolute atomic E-state index is 0.393. The molecule has 2 N–H and O–H groups in total. The van der Waals surface area contributed by atoms with Crippen LogP contribution in [0.15, 0.2) is 73.3 Å². The van der Waals surface area contributed by atoms with Gasteiger partial charge in [-0.1, -0.05) is 49.9 Å². The Bertz CT molecular complexity index is 1250. The molecule has 3 aromatic carbocycles. The van der Waals surface area contributed by atoms with Crippen molar-refractivity contribution in [1.29, 1.82) is 0 Å². The number of hydrogen-bond acceptors (Lipinski definition) is 4. The van der Waals surface area contributed by atoms with E-state index in [2.05, 4.69) is 53.0 Å². The molecule has 1 aromatic heterocycles. The number of carbonyl (C=O) groups is 1. The summed E-state index contributed by atoms with van der Waals surface area (Å²) in [5, 5.41) is 11.7. The Kier molecular flexibility index (Phi) is 6.66. The van der Waals surface area contributed by atoms with Gasteiger partial charge in [-0.15, -0.1) is 0 Å². The third kappa shape index (κ3) is 4.71. The summed E-state index contributed by atoms with van der Waals surface area (Å²) in [4.78, 5) is 17.0. The molecule has 0 amide bonds. The summed E-state index contributed by atoms with van der Waals surface area (Å²) in [7, 11) is 0. The Labute approximate surface area is 193 Å². The SMILES string of the molecule is C=C(NOCCn1c2ccccc2c2ccccc21)c1ccc(OC(CC)C(=O)O)c(C)c1.